The molecule has 2 aliphatic heterocycles. The second-order valence-electron chi connectivity index (χ2n) is 5.23. The number of hydrogen-bond acceptors (Lipinski definition) is 4. The summed E-state index contributed by atoms with van der Waals surface area (Å²) in [7, 11) is 3.10. The van der Waals surface area contributed by atoms with Crippen LogP contribution in [0.25, 0.3) is 0 Å². The van der Waals surface area contributed by atoms with Crippen LogP contribution in [-0.4, -0.2) is 64.7 Å². The lowest BCUT2D eigenvalue weighted by Gasteiger charge is -2.30. The van der Waals surface area contributed by atoms with Crippen LogP contribution in [0, 0.1) is 11.3 Å². The summed E-state index contributed by atoms with van der Waals surface area (Å²) < 4.78 is 1.87. The van der Waals surface area contributed by atoms with E-state index in [1.807, 2.05) is 4.58 Å². The van der Waals surface area contributed by atoms with E-state index in [0.29, 0.717) is 18.8 Å². The zero-order valence-corrected chi connectivity index (χ0v) is 12.7. The lowest BCUT2D eigenvalue weighted by molar-refractivity contribution is -0.535. The number of nitrogens with zero attached hydrogens (tertiary/aromatic N) is 5. The Kier molecular flexibility index (Phi) is 4.36. The van der Waals surface area contributed by atoms with E-state index in [2.05, 4.69) is 18.0 Å². The molecule has 2 aliphatic rings. The summed E-state index contributed by atoms with van der Waals surface area (Å²) in [6, 6.07) is 1.16. The van der Waals surface area contributed by atoms with E-state index >= 15 is 0 Å². The van der Waals surface area contributed by atoms with Crippen LogP contribution >= 0.6 is 0 Å². The van der Waals surface area contributed by atoms with Crippen molar-refractivity contribution in [2.75, 3.05) is 20.6 Å². The predicted octanol–water partition coefficient (Wildman–Crippen LogP) is 0.806. The molecular formula is C14H20N5O2+. The molecule has 0 spiro atoms. The van der Waals surface area contributed by atoms with Crippen molar-refractivity contribution in [1.82, 2.24) is 9.80 Å². The van der Waals surface area contributed by atoms with Gasteiger partial charge in [-0.15, -0.1) is 0 Å². The molecule has 0 radical (unpaired) electrons. The summed E-state index contributed by atoms with van der Waals surface area (Å²) in [4.78, 5) is 31.4. The summed E-state index contributed by atoms with van der Waals surface area (Å²) in [6.45, 7) is 2.54. The third-order valence-corrected chi connectivity index (χ3v) is 3.83. The van der Waals surface area contributed by atoms with Crippen LogP contribution in [0.2, 0.25) is 0 Å². The molecule has 0 aliphatic carbocycles. The maximum Gasteiger partial charge on any atom is 0.333 e. The smallest absolute Gasteiger partial charge is 0.269 e. The zero-order valence-electron chi connectivity index (χ0n) is 12.7. The van der Waals surface area contributed by atoms with E-state index < -0.39 is 6.04 Å². The number of unbranched alkanes of at least 4 members (excludes halogenated alkanes) is 1. The van der Waals surface area contributed by atoms with Crippen molar-refractivity contribution in [3.05, 3.63) is 0 Å². The van der Waals surface area contributed by atoms with Gasteiger partial charge in [0.15, 0.2) is 0 Å². The number of rotatable bonds is 5. The molecule has 2 heterocycles. The average Bonchev–Trinajstić information content (AvgIpc) is 2.85. The fraction of sp³-hybridized carbons (Fsp3) is 0.643. The first-order valence-electron chi connectivity index (χ1n) is 7.16. The van der Waals surface area contributed by atoms with Gasteiger partial charge in [0.05, 0.1) is 25.5 Å². The highest BCUT2D eigenvalue weighted by molar-refractivity contribution is 6.22. The van der Waals surface area contributed by atoms with Crippen LogP contribution < -0.4 is 0 Å². The van der Waals surface area contributed by atoms with E-state index in [0.717, 1.165) is 30.0 Å². The monoisotopic (exact) mass is 290 g/mol. The van der Waals surface area contributed by atoms with Gasteiger partial charge in [0.2, 0.25) is 0 Å². The van der Waals surface area contributed by atoms with Crippen molar-refractivity contribution < 1.29 is 14.2 Å². The van der Waals surface area contributed by atoms with Crippen molar-refractivity contribution in [2.24, 2.45) is 4.99 Å². The van der Waals surface area contributed by atoms with E-state index in [1.165, 1.54) is 11.9 Å². The van der Waals surface area contributed by atoms with Crippen molar-refractivity contribution >= 4 is 23.6 Å². The molecular weight excluding hydrogens is 270 g/mol. The Bertz CT molecular complexity index is 572. The van der Waals surface area contributed by atoms with Gasteiger partial charge >= 0.3 is 6.03 Å². The van der Waals surface area contributed by atoms with Gasteiger partial charge in [-0.05, 0) is 11.4 Å². The molecule has 0 aromatic heterocycles. The van der Waals surface area contributed by atoms with E-state index in [9.17, 15) is 9.59 Å². The molecule has 0 bridgehead atoms. The third kappa shape index (κ3) is 2.53. The molecule has 0 aromatic rings. The number of fused-ring (bicyclic) bond motifs is 1. The van der Waals surface area contributed by atoms with E-state index in [-0.39, 0.29) is 11.9 Å². The van der Waals surface area contributed by atoms with Gasteiger partial charge in [0.25, 0.3) is 23.6 Å². The van der Waals surface area contributed by atoms with Gasteiger partial charge in [-0.1, -0.05) is 13.3 Å². The van der Waals surface area contributed by atoms with Crippen LogP contribution in [0.15, 0.2) is 4.99 Å². The van der Waals surface area contributed by atoms with Crippen molar-refractivity contribution in [3.8, 4) is 6.07 Å². The number of hydrogen-bond donors (Lipinski definition) is 0. The average molecular weight is 290 g/mol. The number of carbonyl (C=O) groups is 2. The van der Waals surface area contributed by atoms with Gasteiger partial charge in [-0.3, -0.25) is 14.6 Å². The van der Waals surface area contributed by atoms with Crippen LogP contribution in [0.5, 0.6) is 0 Å². The highest BCUT2D eigenvalue weighted by Crippen LogP contribution is 2.20. The Balaban J connectivity index is 2.37. The summed E-state index contributed by atoms with van der Waals surface area (Å²) in [6.07, 6.45) is 3.06. The summed E-state index contributed by atoms with van der Waals surface area (Å²) in [5, 5.41) is 8.81. The molecule has 1 unspecified atom stereocenters. The molecule has 1 fully saturated rings. The maximum atomic E-state index is 12.4. The van der Waals surface area contributed by atoms with E-state index in [4.69, 9.17) is 5.26 Å². The number of nitriles is 1. The number of aliphatic imine (C=N–C) groups is 1. The summed E-state index contributed by atoms with van der Waals surface area (Å²) in [5.74, 6) is 1.00. The van der Waals surface area contributed by atoms with Crippen LogP contribution in [0.1, 0.15) is 32.6 Å². The Morgan fingerprint density at radius 2 is 2.05 bits per heavy atom. The van der Waals surface area contributed by atoms with Crippen molar-refractivity contribution in [3.63, 3.8) is 0 Å². The minimum Gasteiger partial charge on any atom is -0.269 e. The molecule has 0 N–H and O–H groups in total. The van der Waals surface area contributed by atoms with Gasteiger partial charge in [0.1, 0.15) is 0 Å². The minimum atomic E-state index is -0.571. The molecule has 7 heteroatoms. The fourth-order valence-corrected chi connectivity index (χ4v) is 2.61. The van der Waals surface area contributed by atoms with Crippen LogP contribution in [0.4, 0.5) is 4.79 Å². The van der Waals surface area contributed by atoms with E-state index in [1.54, 1.807) is 7.05 Å². The minimum absolute atomic E-state index is 0.277. The molecule has 112 valence electrons. The van der Waals surface area contributed by atoms with Gasteiger partial charge in [-0.2, -0.15) is 5.26 Å². The first-order valence-corrected chi connectivity index (χ1v) is 7.16. The Hall–Kier alpha value is -2.23. The van der Waals surface area contributed by atoms with Gasteiger partial charge < -0.3 is 0 Å². The highest BCUT2D eigenvalue weighted by atomic mass is 16.2. The molecule has 21 heavy (non-hydrogen) atoms. The summed E-state index contributed by atoms with van der Waals surface area (Å²) >= 11 is 0. The fourth-order valence-electron chi connectivity index (χ4n) is 2.61. The number of urea groups is 1. The molecule has 2 rings (SSSR count). The van der Waals surface area contributed by atoms with Crippen LogP contribution in [-0.2, 0) is 4.79 Å². The lowest BCUT2D eigenvalue weighted by atomic mass is 10.1. The SMILES string of the molecule is CCCCC1=[N+](CCC#N)C2C(=O)N(C)C(=O)N(C)C2=N1. The number of amides is 3. The Morgan fingerprint density at radius 1 is 1.33 bits per heavy atom. The molecule has 7 nitrogen and oxygen atoms in total. The first-order chi connectivity index (χ1) is 10.0. The largest absolute Gasteiger partial charge is 0.333 e. The molecule has 3 amide bonds. The van der Waals surface area contributed by atoms with Crippen molar-refractivity contribution in [2.45, 2.75) is 38.6 Å². The quantitative estimate of drug-likeness (QED) is 0.703. The lowest BCUT2D eigenvalue weighted by Crippen LogP contribution is -2.61. The number of likely N-dealkylation sites (N-methyl/N-ethyl adjacent to an activating group) is 2. The number of amidine groups is 2. The second-order valence-corrected chi connectivity index (χ2v) is 5.23. The topological polar surface area (TPSA) is 79.8 Å². The molecule has 0 saturated carbocycles. The van der Waals surface area contributed by atoms with Gasteiger partial charge in [0, 0.05) is 14.1 Å². The Morgan fingerprint density at radius 3 is 2.67 bits per heavy atom. The predicted molar refractivity (Wildman–Crippen MR) is 77.0 cm³/mol. The molecule has 1 saturated heterocycles. The zero-order chi connectivity index (χ0) is 15.6. The Labute approximate surface area is 124 Å². The summed E-state index contributed by atoms with van der Waals surface area (Å²) in [5.41, 5.74) is 0. The highest BCUT2D eigenvalue weighted by Gasteiger charge is 2.52. The van der Waals surface area contributed by atoms with Crippen LogP contribution in [0.3, 0.4) is 0 Å². The molecule has 1 atom stereocenters. The maximum absolute atomic E-state index is 12.4. The standard InChI is InChI=1S/C14H20N5O2/c1-4-5-7-10-16-12-11(19(10)9-6-8-15)13(20)18(3)14(21)17(12)2/h11H,4-7,9H2,1-3H3/q+1. The number of imide groups is 1. The third-order valence-electron chi connectivity index (χ3n) is 3.83. The first kappa shape index (κ1) is 15.2. The van der Waals surface area contributed by atoms with Crippen molar-refractivity contribution in [1.29, 1.82) is 5.26 Å². The van der Waals surface area contributed by atoms with Gasteiger partial charge in [-0.25, -0.2) is 9.37 Å². The normalized spacial score (nSPS) is 21.6. The second kappa shape index (κ2) is 6.04. The molecule has 0 aromatic carbocycles. The number of carbonyl (C=O) groups excluding carboxylic acids is 2.